The van der Waals surface area contributed by atoms with Crippen molar-refractivity contribution in [1.82, 2.24) is 9.80 Å². The lowest BCUT2D eigenvalue weighted by Crippen LogP contribution is -2.61. The summed E-state index contributed by atoms with van der Waals surface area (Å²) in [5.74, 6) is -2.40. The summed E-state index contributed by atoms with van der Waals surface area (Å²) in [5, 5.41) is 10.4. The lowest BCUT2D eigenvalue weighted by molar-refractivity contribution is -0.165. The highest BCUT2D eigenvalue weighted by Crippen LogP contribution is 2.65. The van der Waals surface area contributed by atoms with Crippen molar-refractivity contribution < 1.29 is 29.0 Å². The monoisotopic (exact) mass is 532 g/mol. The van der Waals surface area contributed by atoms with E-state index in [1.165, 1.54) is 0 Å². The van der Waals surface area contributed by atoms with Gasteiger partial charge in [0.25, 0.3) is 0 Å². The van der Waals surface area contributed by atoms with E-state index < -0.39 is 46.6 Å². The fourth-order valence-electron chi connectivity index (χ4n) is 6.97. The van der Waals surface area contributed by atoms with E-state index in [9.17, 15) is 19.5 Å². The zero-order valence-corrected chi connectivity index (χ0v) is 24.2. The molecule has 1 N–H and O–H groups in total. The van der Waals surface area contributed by atoms with Crippen LogP contribution in [0.5, 0.6) is 0 Å². The molecular formula is C30H48N2O6. The number of likely N-dealkylation sites (tertiary alicyclic amines) is 1. The number of hydrogen-bond acceptors (Lipinski definition) is 6. The first-order chi connectivity index (χ1) is 17.8. The highest BCUT2D eigenvalue weighted by molar-refractivity contribution is 5.99. The Bertz CT molecular complexity index is 926. The maximum absolute atomic E-state index is 14.5. The van der Waals surface area contributed by atoms with Crippen LogP contribution in [-0.4, -0.2) is 81.3 Å². The molecule has 3 fully saturated rings. The van der Waals surface area contributed by atoms with E-state index >= 15 is 0 Å². The van der Waals surface area contributed by atoms with Crippen LogP contribution in [0.15, 0.2) is 25.3 Å². The summed E-state index contributed by atoms with van der Waals surface area (Å²) in [6.07, 6.45) is 6.97. The molecule has 0 radical (unpaired) electrons. The number of ether oxygens (including phenoxy) is 2. The molecule has 214 valence electrons. The summed E-state index contributed by atoms with van der Waals surface area (Å²) in [5.41, 5.74) is -2.54. The van der Waals surface area contributed by atoms with Gasteiger partial charge in [-0.1, -0.05) is 32.9 Å². The summed E-state index contributed by atoms with van der Waals surface area (Å²) >= 11 is 0. The van der Waals surface area contributed by atoms with Gasteiger partial charge in [0.05, 0.1) is 30.8 Å². The van der Waals surface area contributed by atoms with Gasteiger partial charge in [-0.25, -0.2) is 0 Å². The van der Waals surface area contributed by atoms with Crippen molar-refractivity contribution in [3.05, 3.63) is 25.3 Å². The number of nitrogens with zero attached hydrogens (tertiary/aromatic N) is 2. The molecular weight excluding hydrogens is 484 g/mol. The molecule has 3 saturated heterocycles. The molecule has 1 spiro atoms. The van der Waals surface area contributed by atoms with Crippen LogP contribution in [0.4, 0.5) is 0 Å². The third-order valence-electron chi connectivity index (χ3n) is 8.64. The lowest BCUT2D eigenvalue weighted by atomic mass is 9.65. The Kier molecular flexibility index (Phi) is 9.19. The number of fused-ring (bicyclic) bond motifs is 1. The van der Waals surface area contributed by atoms with E-state index in [4.69, 9.17) is 9.47 Å². The number of aliphatic hydroxyl groups excluding tert-OH is 1. The molecule has 8 nitrogen and oxygen atoms in total. The van der Waals surface area contributed by atoms with Crippen molar-refractivity contribution in [3.63, 3.8) is 0 Å². The zero-order valence-electron chi connectivity index (χ0n) is 24.2. The average molecular weight is 533 g/mol. The maximum Gasteiger partial charge on any atom is 0.312 e. The average Bonchev–Trinajstić information content (AvgIpc) is 3.46. The quantitative estimate of drug-likeness (QED) is 0.220. The third kappa shape index (κ3) is 5.06. The standard InChI is InChI=1S/C30H48N2O6/c1-9-12-13-17-37-27(36)23-22-25(34)32(21(19-33)18-20(4)5)24(26(35)31(16-10-2)28(6,7)8)30(22)15-14-29(23,11-3)38-30/h9-10,20-24,33H,1-2,11-19H2,3-8H3/t21-,22+,23-,24?,29+,30?/m1/s1. The van der Waals surface area contributed by atoms with E-state index in [0.29, 0.717) is 38.6 Å². The molecule has 6 atom stereocenters. The van der Waals surface area contributed by atoms with E-state index in [2.05, 4.69) is 13.2 Å². The number of rotatable bonds is 13. The summed E-state index contributed by atoms with van der Waals surface area (Å²) < 4.78 is 12.5. The van der Waals surface area contributed by atoms with Gasteiger partial charge < -0.3 is 24.4 Å². The van der Waals surface area contributed by atoms with Crippen molar-refractivity contribution in [2.45, 2.75) is 109 Å². The molecule has 2 unspecified atom stereocenters. The second kappa shape index (κ2) is 11.5. The van der Waals surface area contributed by atoms with Gasteiger partial charge in [-0.05, 0) is 65.2 Å². The van der Waals surface area contributed by atoms with Gasteiger partial charge >= 0.3 is 5.97 Å². The van der Waals surface area contributed by atoms with Crippen LogP contribution in [0.3, 0.4) is 0 Å². The number of allylic oxidation sites excluding steroid dienone is 1. The highest BCUT2D eigenvalue weighted by Gasteiger charge is 2.79. The van der Waals surface area contributed by atoms with Gasteiger partial charge in [0, 0.05) is 12.1 Å². The molecule has 2 bridgehead atoms. The van der Waals surface area contributed by atoms with Crippen molar-refractivity contribution in [3.8, 4) is 0 Å². The minimum absolute atomic E-state index is 0.186. The van der Waals surface area contributed by atoms with Gasteiger partial charge in [-0.2, -0.15) is 0 Å². The first kappa shape index (κ1) is 30.4. The molecule has 0 aliphatic carbocycles. The fourth-order valence-corrected chi connectivity index (χ4v) is 6.97. The number of carbonyl (C=O) groups is 3. The largest absolute Gasteiger partial charge is 0.465 e. The minimum Gasteiger partial charge on any atom is -0.465 e. The smallest absolute Gasteiger partial charge is 0.312 e. The highest BCUT2D eigenvalue weighted by atomic mass is 16.6. The number of hydrogen-bond donors (Lipinski definition) is 1. The van der Waals surface area contributed by atoms with Crippen LogP contribution in [0, 0.1) is 17.8 Å². The van der Waals surface area contributed by atoms with E-state index in [1.807, 2.05) is 41.5 Å². The molecule has 0 aromatic carbocycles. The number of aliphatic hydroxyl groups is 1. The van der Waals surface area contributed by atoms with Gasteiger partial charge in [0.15, 0.2) is 0 Å². The Morgan fingerprint density at radius 2 is 1.95 bits per heavy atom. The van der Waals surface area contributed by atoms with E-state index in [1.54, 1.807) is 22.0 Å². The van der Waals surface area contributed by atoms with Crippen LogP contribution >= 0.6 is 0 Å². The normalized spacial score (nSPS) is 30.9. The summed E-state index contributed by atoms with van der Waals surface area (Å²) in [6.45, 7) is 19.7. The number of carbonyl (C=O) groups excluding carboxylic acids is 3. The Morgan fingerprint density at radius 1 is 1.26 bits per heavy atom. The zero-order chi connectivity index (χ0) is 28.5. The van der Waals surface area contributed by atoms with Gasteiger partial charge in [0.2, 0.25) is 11.8 Å². The molecule has 2 amide bonds. The summed E-state index contributed by atoms with van der Waals surface area (Å²) in [4.78, 5) is 45.7. The van der Waals surface area contributed by atoms with Crippen LogP contribution in [-0.2, 0) is 23.9 Å². The van der Waals surface area contributed by atoms with Crippen LogP contribution < -0.4 is 0 Å². The molecule has 0 aromatic rings. The van der Waals surface area contributed by atoms with Gasteiger partial charge in [0.1, 0.15) is 17.6 Å². The Hall–Kier alpha value is -2.19. The van der Waals surface area contributed by atoms with Crippen molar-refractivity contribution in [2.75, 3.05) is 19.8 Å². The second-order valence-corrected chi connectivity index (χ2v) is 12.6. The van der Waals surface area contributed by atoms with Gasteiger partial charge in [-0.15, -0.1) is 13.2 Å². The van der Waals surface area contributed by atoms with Crippen LogP contribution in [0.1, 0.15) is 80.1 Å². The Labute approximate surface area is 228 Å². The van der Waals surface area contributed by atoms with E-state index in [0.717, 1.165) is 6.42 Å². The molecule has 8 heteroatoms. The molecule has 38 heavy (non-hydrogen) atoms. The fraction of sp³-hybridized carbons (Fsp3) is 0.767. The first-order valence-electron chi connectivity index (χ1n) is 14.2. The molecule has 3 aliphatic rings. The van der Waals surface area contributed by atoms with Gasteiger partial charge in [-0.3, -0.25) is 14.4 Å². The Balaban J connectivity index is 2.12. The molecule has 3 heterocycles. The molecule has 3 aliphatic heterocycles. The number of esters is 1. The SMILES string of the molecule is C=CCCCOC(=O)[C@H]1[C@H]2C(=O)N([C@@H](CO)CC(C)C)C(C(=O)N(CC=C)C(C)(C)C)C23CC[C@]1(CC)O3. The molecule has 3 rings (SSSR count). The minimum atomic E-state index is -1.15. The predicted molar refractivity (Wildman–Crippen MR) is 146 cm³/mol. The van der Waals surface area contributed by atoms with Crippen LogP contribution in [0.25, 0.3) is 0 Å². The first-order valence-corrected chi connectivity index (χ1v) is 14.2. The predicted octanol–water partition coefficient (Wildman–Crippen LogP) is 3.87. The lowest BCUT2D eigenvalue weighted by Gasteiger charge is -2.43. The van der Waals surface area contributed by atoms with Crippen molar-refractivity contribution in [1.29, 1.82) is 0 Å². The number of unbranched alkanes of at least 4 members (excludes halogenated alkanes) is 1. The van der Waals surface area contributed by atoms with Crippen molar-refractivity contribution >= 4 is 17.8 Å². The second-order valence-electron chi connectivity index (χ2n) is 12.6. The Morgan fingerprint density at radius 3 is 2.47 bits per heavy atom. The van der Waals surface area contributed by atoms with Crippen molar-refractivity contribution in [2.24, 2.45) is 17.8 Å². The van der Waals surface area contributed by atoms with E-state index in [-0.39, 0.29) is 30.9 Å². The number of amides is 2. The molecule has 0 aromatic heterocycles. The summed E-state index contributed by atoms with van der Waals surface area (Å²) in [7, 11) is 0. The topological polar surface area (TPSA) is 96.4 Å². The molecule has 0 saturated carbocycles. The third-order valence-corrected chi connectivity index (χ3v) is 8.64. The maximum atomic E-state index is 14.5. The summed E-state index contributed by atoms with van der Waals surface area (Å²) in [6, 6.07) is -1.51. The van der Waals surface area contributed by atoms with Crippen LogP contribution in [0.2, 0.25) is 0 Å².